The van der Waals surface area contributed by atoms with Gasteiger partial charge in [-0.1, -0.05) is 29.4 Å². The highest BCUT2D eigenvalue weighted by Crippen LogP contribution is 2.08. The molecule has 1 aromatic rings. The summed E-state index contributed by atoms with van der Waals surface area (Å²) in [4.78, 5) is 14.7. The van der Waals surface area contributed by atoms with E-state index in [-0.39, 0.29) is 5.12 Å². The lowest BCUT2D eigenvalue weighted by Crippen LogP contribution is -1.84. The van der Waals surface area contributed by atoms with Gasteiger partial charge in [0, 0.05) is 18.9 Å². The molecule has 0 aliphatic carbocycles. The van der Waals surface area contributed by atoms with Gasteiger partial charge in [-0.3, -0.25) is 9.78 Å². The molecule has 4 heteroatoms. The van der Waals surface area contributed by atoms with Crippen LogP contribution < -0.4 is 0 Å². The van der Waals surface area contributed by atoms with Gasteiger partial charge in [-0.25, -0.2) is 0 Å². The number of allylic oxidation sites excluding steroid dienone is 1. The van der Waals surface area contributed by atoms with Gasteiger partial charge in [0.2, 0.25) is 0 Å². The third-order valence-corrected chi connectivity index (χ3v) is 2.70. The molecule has 2 nitrogen and oxygen atoms in total. The number of nitrogens with zero attached hydrogens (tertiary/aromatic N) is 1. The summed E-state index contributed by atoms with van der Waals surface area (Å²) >= 11 is 7.04. The number of hydrogen-bond acceptors (Lipinski definition) is 3. The van der Waals surface area contributed by atoms with Crippen LogP contribution in [0.25, 0.3) is 6.08 Å². The normalized spacial score (nSPS) is 10.8. The van der Waals surface area contributed by atoms with Crippen molar-refractivity contribution in [1.82, 2.24) is 4.98 Å². The molecule has 0 bridgehead atoms. The minimum Gasteiger partial charge on any atom is -0.288 e. The van der Waals surface area contributed by atoms with E-state index in [4.69, 9.17) is 11.6 Å². The molecule has 0 aliphatic rings. The molecular formula is C11H12ClNOS. The fraction of sp³-hybridized carbons (Fsp3) is 0.273. The van der Waals surface area contributed by atoms with Gasteiger partial charge < -0.3 is 0 Å². The molecule has 15 heavy (non-hydrogen) atoms. The van der Waals surface area contributed by atoms with Gasteiger partial charge in [0.1, 0.15) is 0 Å². The molecule has 0 fully saturated rings. The number of aromatic nitrogens is 1. The maximum Gasteiger partial charge on any atom is 0.185 e. The fourth-order valence-corrected chi connectivity index (χ4v) is 1.61. The number of pyridine rings is 1. The van der Waals surface area contributed by atoms with Crippen molar-refractivity contribution in [3.63, 3.8) is 0 Å². The van der Waals surface area contributed by atoms with Crippen LogP contribution in [0.3, 0.4) is 0 Å². The van der Waals surface area contributed by atoms with Crippen LogP contribution in [0, 0.1) is 0 Å². The van der Waals surface area contributed by atoms with Gasteiger partial charge in [-0.2, -0.15) is 0 Å². The van der Waals surface area contributed by atoms with E-state index >= 15 is 0 Å². The van der Waals surface area contributed by atoms with E-state index in [1.807, 2.05) is 18.2 Å². The summed E-state index contributed by atoms with van der Waals surface area (Å²) < 4.78 is 0. The predicted octanol–water partition coefficient (Wildman–Crippen LogP) is 3.42. The molecule has 0 spiro atoms. The first-order valence-electron chi connectivity index (χ1n) is 4.60. The minimum absolute atomic E-state index is 0.160. The zero-order chi connectivity index (χ0) is 11.1. The van der Waals surface area contributed by atoms with Crippen molar-refractivity contribution in [1.29, 1.82) is 0 Å². The summed E-state index contributed by atoms with van der Waals surface area (Å²) in [6.45, 7) is 1.58. The lowest BCUT2D eigenvalue weighted by molar-refractivity contribution is -0.109. The van der Waals surface area contributed by atoms with Gasteiger partial charge in [0.05, 0.1) is 10.7 Å². The smallest absolute Gasteiger partial charge is 0.185 e. The number of rotatable bonds is 4. The molecule has 0 saturated carbocycles. The van der Waals surface area contributed by atoms with Crippen LogP contribution >= 0.6 is 23.4 Å². The quantitative estimate of drug-likeness (QED) is 0.757. The van der Waals surface area contributed by atoms with Crippen LogP contribution in [0.2, 0.25) is 5.02 Å². The van der Waals surface area contributed by atoms with E-state index < -0.39 is 0 Å². The van der Waals surface area contributed by atoms with Gasteiger partial charge in [0.25, 0.3) is 0 Å². The van der Waals surface area contributed by atoms with E-state index in [9.17, 15) is 4.79 Å². The maximum absolute atomic E-state index is 10.6. The summed E-state index contributed by atoms with van der Waals surface area (Å²) in [6.07, 6.45) is 6.42. The van der Waals surface area contributed by atoms with E-state index in [2.05, 4.69) is 4.98 Å². The molecule has 0 radical (unpaired) electrons. The number of carbonyl (C=O) groups excluding carboxylic acids is 1. The highest BCUT2D eigenvalue weighted by Gasteiger charge is 1.92. The molecule has 80 valence electrons. The molecule has 0 amide bonds. The lowest BCUT2D eigenvalue weighted by Gasteiger charge is -1.93. The standard InChI is InChI=1S/C11H12ClNOS/c1-9(14)15-7-3-2-4-11-6-5-10(12)8-13-11/h2,4-6,8H,3,7H2,1H3. The second kappa shape index (κ2) is 6.64. The van der Waals surface area contributed by atoms with Crippen molar-refractivity contribution in [2.24, 2.45) is 0 Å². The van der Waals surface area contributed by atoms with Crippen LogP contribution in [0.1, 0.15) is 19.0 Å². The Balaban J connectivity index is 2.32. The van der Waals surface area contributed by atoms with Crippen molar-refractivity contribution in [2.75, 3.05) is 5.75 Å². The Kier molecular flexibility index (Phi) is 5.43. The Morgan fingerprint density at radius 3 is 3.00 bits per heavy atom. The van der Waals surface area contributed by atoms with Crippen LogP contribution in [0.4, 0.5) is 0 Å². The average molecular weight is 242 g/mol. The molecule has 0 atom stereocenters. The zero-order valence-corrected chi connectivity index (χ0v) is 10.0. The average Bonchev–Trinajstić information content (AvgIpc) is 2.20. The van der Waals surface area contributed by atoms with E-state index in [1.54, 1.807) is 19.2 Å². The van der Waals surface area contributed by atoms with Crippen LogP contribution in [0.15, 0.2) is 24.4 Å². The number of carbonyl (C=O) groups is 1. The van der Waals surface area contributed by atoms with E-state index in [0.29, 0.717) is 5.02 Å². The SMILES string of the molecule is CC(=O)SCCC=Cc1ccc(Cl)cn1. The minimum atomic E-state index is 0.160. The van der Waals surface area contributed by atoms with Crippen molar-refractivity contribution < 1.29 is 4.79 Å². The number of thioether (sulfide) groups is 1. The van der Waals surface area contributed by atoms with E-state index in [1.165, 1.54) is 11.8 Å². The first kappa shape index (κ1) is 12.3. The van der Waals surface area contributed by atoms with Crippen molar-refractivity contribution in [2.45, 2.75) is 13.3 Å². The molecule has 0 unspecified atom stereocenters. The molecule has 1 heterocycles. The molecular weight excluding hydrogens is 230 g/mol. The zero-order valence-electron chi connectivity index (χ0n) is 8.44. The van der Waals surface area contributed by atoms with Crippen LogP contribution in [-0.2, 0) is 4.79 Å². The number of hydrogen-bond donors (Lipinski definition) is 0. The molecule has 0 N–H and O–H groups in total. The Morgan fingerprint density at radius 2 is 2.40 bits per heavy atom. The second-order valence-corrected chi connectivity index (χ2v) is 4.64. The Morgan fingerprint density at radius 1 is 1.60 bits per heavy atom. The summed E-state index contributed by atoms with van der Waals surface area (Å²) in [5, 5.41) is 0.798. The molecule has 0 saturated heterocycles. The van der Waals surface area contributed by atoms with Crippen molar-refractivity contribution >= 4 is 34.6 Å². The van der Waals surface area contributed by atoms with Gasteiger partial charge in [-0.05, 0) is 24.6 Å². The topological polar surface area (TPSA) is 30.0 Å². The molecule has 0 aliphatic heterocycles. The van der Waals surface area contributed by atoms with Gasteiger partial charge in [0.15, 0.2) is 5.12 Å². The maximum atomic E-state index is 10.6. The molecule has 1 rings (SSSR count). The second-order valence-electron chi connectivity index (χ2n) is 2.93. The summed E-state index contributed by atoms with van der Waals surface area (Å²) in [6, 6.07) is 3.66. The summed E-state index contributed by atoms with van der Waals surface area (Å²) in [7, 11) is 0. The Bertz CT molecular complexity index is 348. The predicted molar refractivity (Wildman–Crippen MR) is 66.0 cm³/mol. The van der Waals surface area contributed by atoms with Crippen LogP contribution in [-0.4, -0.2) is 15.9 Å². The first-order valence-corrected chi connectivity index (χ1v) is 5.96. The first-order chi connectivity index (χ1) is 7.18. The Labute approximate surface area is 98.7 Å². The fourth-order valence-electron chi connectivity index (χ4n) is 0.961. The third kappa shape index (κ3) is 5.60. The summed E-state index contributed by atoms with van der Waals surface area (Å²) in [5.41, 5.74) is 0.882. The summed E-state index contributed by atoms with van der Waals surface area (Å²) in [5.74, 6) is 0.819. The van der Waals surface area contributed by atoms with Crippen molar-refractivity contribution in [3.05, 3.63) is 35.1 Å². The largest absolute Gasteiger partial charge is 0.288 e. The van der Waals surface area contributed by atoms with E-state index in [0.717, 1.165) is 17.9 Å². The molecule has 1 aromatic heterocycles. The Hall–Kier alpha value is -0.800. The monoisotopic (exact) mass is 241 g/mol. The highest BCUT2D eigenvalue weighted by atomic mass is 35.5. The number of halogens is 1. The van der Waals surface area contributed by atoms with Crippen LogP contribution in [0.5, 0.6) is 0 Å². The molecule has 0 aromatic carbocycles. The van der Waals surface area contributed by atoms with Gasteiger partial charge in [-0.15, -0.1) is 0 Å². The van der Waals surface area contributed by atoms with Gasteiger partial charge >= 0.3 is 0 Å². The highest BCUT2D eigenvalue weighted by molar-refractivity contribution is 8.13. The lowest BCUT2D eigenvalue weighted by atomic mass is 10.3. The van der Waals surface area contributed by atoms with Crippen molar-refractivity contribution in [3.8, 4) is 0 Å². The third-order valence-electron chi connectivity index (χ3n) is 1.63.